The lowest BCUT2D eigenvalue weighted by atomic mass is 10.1. The van der Waals surface area contributed by atoms with Crippen LogP contribution in [-0.2, 0) is 4.79 Å². The Bertz CT molecular complexity index is 1100. The van der Waals surface area contributed by atoms with E-state index in [0.717, 1.165) is 15.6 Å². The zero-order chi connectivity index (χ0) is 19.7. The molecule has 4 rings (SSSR count). The third-order valence-corrected chi connectivity index (χ3v) is 4.98. The molecule has 0 aliphatic carbocycles. The fourth-order valence-corrected chi connectivity index (χ4v) is 3.25. The summed E-state index contributed by atoms with van der Waals surface area (Å²) in [5, 5.41) is 0. The van der Waals surface area contributed by atoms with E-state index in [2.05, 4.69) is 20.9 Å². The fourth-order valence-electron chi connectivity index (χ4n) is 2.98. The monoisotopic (exact) mass is 434 g/mol. The number of amides is 1. The van der Waals surface area contributed by atoms with Crippen LogP contribution in [0.2, 0.25) is 0 Å². The Morgan fingerprint density at radius 3 is 2.32 bits per heavy atom. The van der Waals surface area contributed by atoms with Crippen LogP contribution in [0.25, 0.3) is 6.08 Å². The predicted molar refractivity (Wildman–Crippen MR) is 114 cm³/mol. The number of hydrogen-bond acceptors (Lipinski definition) is 2. The molecule has 1 aliphatic heterocycles. The van der Waals surface area contributed by atoms with Gasteiger partial charge in [0, 0.05) is 15.6 Å². The SMILES string of the molecule is Cc1ccc(N2C(=O)C(=Cc3ccccc3F)N=C2c2ccc(Br)cc2)cc1. The normalized spacial score (nSPS) is 15.2. The van der Waals surface area contributed by atoms with Crippen LogP contribution in [-0.4, -0.2) is 11.7 Å². The molecule has 28 heavy (non-hydrogen) atoms. The summed E-state index contributed by atoms with van der Waals surface area (Å²) in [7, 11) is 0. The average molecular weight is 435 g/mol. The minimum atomic E-state index is -0.392. The third kappa shape index (κ3) is 3.53. The third-order valence-electron chi connectivity index (χ3n) is 4.45. The van der Waals surface area contributed by atoms with Gasteiger partial charge < -0.3 is 0 Å². The van der Waals surface area contributed by atoms with Gasteiger partial charge in [-0.1, -0.05) is 64.0 Å². The molecule has 138 valence electrons. The number of carbonyl (C=O) groups excluding carboxylic acids is 1. The maximum absolute atomic E-state index is 14.1. The minimum Gasteiger partial charge on any atom is -0.266 e. The number of anilines is 1. The molecule has 0 atom stereocenters. The van der Waals surface area contributed by atoms with Gasteiger partial charge in [0.25, 0.3) is 5.91 Å². The van der Waals surface area contributed by atoms with Crippen molar-refractivity contribution in [2.24, 2.45) is 4.99 Å². The van der Waals surface area contributed by atoms with Crippen molar-refractivity contribution in [3.63, 3.8) is 0 Å². The summed E-state index contributed by atoms with van der Waals surface area (Å²) < 4.78 is 15.0. The van der Waals surface area contributed by atoms with Crippen molar-refractivity contribution in [2.75, 3.05) is 4.90 Å². The lowest BCUT2D eigenvalue weighted by molar-refractivity contribution is -0.113. The van der Waals surface area contributed by atoms with E-state index in [0.29, 0.717) is 17.1 Å². The van der Waals surface area contributed by atoms with Gasteiger partial charge in [0.2, 0.25) is 0 Å². The molecule has 1 heterocycles. The Morgan fingerprint density at radius 2 is 1.64 bits per heavy atom. The van der Waals surface area contributed by atoms with E-state index in [4.69, 9.17) is 0 Å². The second kappa shape index (κ2) is 7.52. The summed E-state index contributed by atoms with van der Waals surface area (Å²) in [4.78, 5) is 19.3. The van der Waals surface area contributed by atoms with E-state index in [-0.39, 0.29) is 11.6 Å². The van der Waals surface area contributed by atoms with E-state index >= 15 is 0 Å². The van der Waals surface area contributed by atoms with Crippen LogP contribution in [0.1, 0.15) is 16.7 Å². The first-order valence-corrected chi connectivity index (χ1v) is 9.54. The molecule has 0 fully saturated rings. The molecule has 0 bridgehead atoms. The highest BCUT2D eigenvalue weighted by Crippen LogP contribution is 2.29. The smallest absolute Gasteiger partial charge is 0.266 e. The molecule has 5 heteroatoms. The molecule has 0 spiro atoms. The minimum absolute atomic E-state index is 0.198. The van der Waals surface area contributed by atoms with Crippen molar-refractivity contribution in [1.29, 1.82) is 0 Å². The van der Waals surface area contributed by atoms with Gasteiger partial charge in [-0.25, -0.2) is 9.38 Å². The number of halogens is 2. The van der Waals surface area contributed by atoms with Gasteiger partial charge in [-0.3, -0.25) is 9.69 Å². The number of benzene rings is 3. The quantitative estimate of drug-likeness (QED) is 0.484. The Morgan fingerprint density at radius 1 is 0.964 bits per heavy atom. The van der Waals surface area contributed by atoms with Crippen LogP contribution in [0.3, 0.4) is 0 Å². The summed E-state index contributed by atoms with van der Waals surface area (Å²) in [5.74, 6) is -0.161. The highest BCUT2D eigenvalue weighted by atomic mass is 79.9. The zero-order valence-corrected chi connectivity index (χ0v) is 16.7. The van der Waals surface area contributed by atoms with Gasteiger partial charge in [-0.2, -0.15) is 0 Å². The highest BCUT2D eigenvalue weighted by Gasteiger charge is 2.32. The molecule has 0 N–H and O–H groups in total. The molecule has 0 saturated heterocycles. The Hall–Kier alpha value is -3.05. The molecule has 3 aromatic rings. The maximum Gasteiger partial charge on any atom is 0.282 e. The van der Waals surface area contributed by atoms with Crippen LogP contribution in [0.4, 0.5) is 10.1 Å². The number of carbonyl (C=O) groups is 1. The van der Waals surface area contributed by atoms with E-state index in [1.165, 1.54) is 12.1 Å². The van der Waals surface area contributed by atoms with E-state index in [1.54, 1.807) is 23.1 Å². The standard InChI is InChI=1S/C23H16BrFN2O/c1-15-6-12-19(13-7-15)27-22(16-8-10-18(24)11-9-16)26-21(23(27)28)14-17-4-2-3-5-20(17)25/h2-14H,1H3. The number of aryl methyl sites for hydroxylation is 1. The Balaban J connectivity index is 1.84. The first kappa shape index (κ1) is 18.3. The zero-order valence-electron chi connectivity index (χ0n) is 15.1. The van der Waals surface area contributed by atoms with Crippen LogP contribution in [0, 0.1) is 12.7 Å². The predicted octanol–water partition coefficient (Wildman–Crippen LogP) is 5.73. The topological polar surface area (TPSA) is 32.7 Å². The number of hydrogen-bond donors (Lipinski definition) is 0. The van der Waals surface area contributed by atoms with Crippen LogP contribution < -0.4 is 4.90 Å². The summed E-state index contributed by atoms with van der Waals surface area (Å²) in [6.07, 6.45) is 1.49. The van der Waals surface area contributed by atoms with Crippen molar-refractivity contribution in [3.8, 4) is 0 Å². The van der Waals surface area contributed by atoms with Crippen molar-refractivity contribution in [2.45, 2.75) is 6.92 Å². The molecule has 1 aliphatic rings. The number of aliphatic imine (C=N–C) groups is 1. The van der Waals surface area contributed by atoms with Gasteiger partial charge in [0.15, 0.2) is 0 Å². The van der Waals surface area contributed by atoms with Crippen molar-refractivity contribution in [1.82, 2.24) is 0 Å². The van der Waals surface area contributed by atoms with Crippen molar-refractivity contribution in [3.05, 3.63) is 105 Å². The Labute approximate surface area is 171 Å². The number of rotatable bonds is 3. The second-order valence-corrected chi connectivity index (χ2v) is 7.39. The Kier molecular flexibility index (Phi) is 4.92. The molecule has 3 aromatic carbocycles. The lowest BCUT2D eigenvalue weighted by Crippen LogP contribution is -2.32. The molecular weight excluding hydrogens is 419 g/mol. The van der Waals surface area contributed by atoms with Gasteiger partial charge in [0.1, 0.15) is 17.3 Å². The second-order valence-electron chi connectivity index (χ2n) is 6.47. The summed E-state index contributed by atoms with van der Waals surface area (Å²) in [6, 6.07) is 21.6. The van der Waals surface area contributed by atoms with Crippen LogP contribution in [0.15, 0.2) is 88.0 Å². The first-order valence-electron chi connectivity index (χ1n) is 8.75. The van der Waals surface area contributed by atoms with E-state index < -0.39 is 5.82 Å². The number of amidine groups is 1. The van der Waals surface area contributed by atoms with Gasteiger partial charge >= 0.3 is 0 Å². The number of nitrogens with zero attached hydrogens (tertiary/aromatic N) is 2. The molecular formula is C23H16BrFN2O. The molecule has 3 nitrogen and oxygen atoms in total. The molecule has 0 radical (unpaired) electrons. The first-order chi connectivity index (χ1) is 13.5. The largest absolute Gasteiger partial charge is 0.282 e. The molecule has 0 aromatic heterocycles. The highest BCUT2D eigenvalue weighted by molar-refractivity contribution is 9.10. The van der Waals surface area contributed by atoms with E-state index in [1.807, 2.05) is 55.5 Å². The maximum atomic E-state index is 14.1. The van der Waals surface area contributed by atoms with Gasteiger partial charge in [-0.05, 0) is 43.3 Å². The van der Waals surface area contributed by atoms with Gasteiger partial charge in [0.05, 0.1) is 5.69 Å². The van der Waals surface area contributed by atoms with Crippen LogP contribution in [0.5, 0.6) is 0 Å². The lowest BCUT2D eigenvalue weighted by Gasteiger charge is -2.18. The van der Waals surface area contributed by atoms with Gasteiger partial charge in [-0.15, -0.1) is 0 Å². The molecule has 0 unspecified atom stereocenters. The van der Waals surface area contributed by atoms with Crippen molar-refractivity contribution >= 4 is 39.4 Å². The average Bonchev–Trinajstić information content (AvgIpc) is 3.01. The van der Waals surface area contributed by atoms with Crippen molar-refractivity contribution < 1.29 is 9.18 Å². The fraction of sp³-hybridized carbons (Fsp3) is 0.0435. The molecule has 0 saturated carbocycles. The summed E-state index contributed by atoms with van der Waals surface area (Å²) in [6.45, 7) is 1.99. The van der Waals surface area contributed by atoms with Crippen LogP contribution >= 0.6 is 15.9 Å². The summed E-state index contributed by atoms with van der Waals surface area (Å²) in [5.41, 5.74) is 3.14. The molecule has 1 amide bonds. The summed E-state index contributed by atoms with van der Waals surface area (Å²) >= 11 is 3.42. The van der Waals surface area contributed by atoms with E-state index in [9.17, 15) is 9.18 Å².